The van der Waals surface area contributed by atoms with Crippen molar-refractivity contribution in [1.29, 1.82) is 0 Å². The van der Waals surface area contributed by atoms with Crippen LogP contribution in [0.25, 0.3) is 22.2 Å². The van der Waals surface area contributed by atoms with Crippen molar-refractivity contribution in [3.63, 3.8) is 0 Å². The summed E-state index contributed by atoms with van der Waals surface area (Å²) in [5, 5.41) is 19.1. The van der Waals surface area contributed by atoms with Gasteiger partial charge in [-0.25, -0.2) is 0 Å². The molecule has 6 nitrogen and oxygen atoms in total. The molecular formula is C20H17ClN4O2. The molecule has 1 aromatic carbocycles. The van der Waals surface area contributed by atoms with Crippen molar-refractivity contribution in [2.24, 2.45) is 0 Å². The van der Waals surface area contributed by atoms with Crippen LogP contribution in [0.5, 0.6) is 0 Å². The van der Waals surface area contributed by atoms with Crippen molar-refractivity contribution >= 4 is 22.5 Å². The Bertz CT molecular complexity index is 1140. The van der Waals surface area contributed by atoms with Crippen LogP contribution in [0.4, 0.5) is 0 Å². The van der Waals surface area contributed by atoms with Gasteiger partial charge in [0.05, 0.1) is 11.5 Å². The van der Waals surface area contributed by atoms with E-state index in [0.29, 0.717) is 21.6 Å². The van der Waals surface area contributed by atoms with Crippen LogP contribution in [0, 0.1) is 0 Å². The highest BCUT2D eigenvalue weighted by molar-refractivity contribution is 6.30. The summed E-state index contributed by atoms with van der Waals surface area (Å²) in [7, 11) is 0. The zero-order valence-corrected chi connectivity index (χ0v) is 15.3. The summed E-state index contributed by atoms with van der Waals surface area (Å²) in [5.74, 6) is 0. The molecule has 136 valence electrons. The first-order chi connectivity index (χ1) is 13.0. The Morgan fingerprint density at radius 2 is 2.11 bits per heavy atom. The third-order valence-electron chi connectivity index (χ3n) is 4.61. The predicted molar refractivity (Wildman–Crippen MR) is 105 cm³/mol. The first-order valence-electron chi connectivity index (χ1n) is 8.47. The number of hydrogen-bond donors (Lipinski definition) is 2. The number of fused-ring (bicyclic) bond motifs is 1. The molecule has 2 unspecified atom stereocenters. The minimum absolute atomic E-state index is 0.350. The molecule has 0 saturated carbocycles. The van der Waals surface area contributed by atoms with E-state index >= 15 is 0 Å². The number of rotatable bonds is 3. The van der Waals surface area contributed by atoms with Crippen LogP contribution in [0.3, 0.4) is 0 Å². The van der Waals surface area contributed by atoms with Gasteiger partial charge in [-0.15, -0.1) is 0 Å². The summed E-state index contributed by atoms with van der Waals surface area (Å²) in [5.41, 5.74) is 0.172. The molecule has 2 atom stereocenters. The van der Waals surface area contributed by atoms with E-state index in [2.05, 4.69) is 15.4 Å². The summed E-state index contributed by atoms with van der Waals surface area (Å²) >= 11 is 6.15. The first kappa shape index (κ1) is 17.5. The number of dihydropyridines is 1. The zero-order valence-electron chi connectivity index (χ0n) is 14.5. The fourth-order valence-corrected chi connectivity index (χ4v) is 3.40. The van der Waals surface area contributed by atoms with Crippen molar-refractivity contribution in [2.75, 3.05) is 0 Å². The van der Waals surface area contributed by atoms with Crippen LogP contribution < -0.4 is 10.9 Å². The van der Waals surface area contributed by atoms with Gasteiger partial charge < -0.3 is 10.4 Å². The van der Waals surface area contributed by atoms with Gasteiger partial charge in [0, 0.05) is 16.8 Å². The fourth-order valence-electron chi connectivity index (χ4n) is 3.21. The van der Waals surface area contributed by atoms with Crippen molar-refractivity contribution in [1.82, 2.24) is 20.1 Å². The number of hydrogen-bond acceptors (Lipinski definition) is 5. The quantitative estimate of drug-likeness (QED) is 0.730. The van der Waals surface area contributed by atoms with E-state index in [4.69, 9.17) is 11.6 Å². The monoisotopic (exact) mass is 380 g/mol. The summed E-state index contributed by atoms with van der Waals surface area (Å²) in [4.78, 5) is 17.6. The highest BCUT2D eigenvalue weighted by Gasteiger charge is 2.38. The van der Waals surface area contributed by atoms with Crippen molar-refractivity contribution in [2.45, 2.75) is 18.7 Å². The SMILES string of the molecule is CC(O)C1(n2nc(-c3cccc(Cl)c3)c3ncccc3c2=O)C=CC=CN1. The number of aliphatic hydroxyl groups excluding tert-OH is 1. The van der Waals surface area contributed by atoms with Gasteiger partial charge in [-0.1, -0.05) is 29.8 Å². The normalized spacial score (nSPS) is 19.8. The fraction of sp³-hybridized carbons (Fsp3) is 0.150. The Morgan fingerprint density at radius 1 is 1.26 bits per heavy atom. The van der Waals surface area contributed by atoms with Gasteiger partial charge >= 0.3 is 0 Å². The second-order valence-corrected chi connectivity index (χ2v) is 6.78. The lowest BCUT2D eigenvalue weighted by Gasteiger charge is -2.36. The lowest BCUT2D eigenvalue weighted by Crippen LogP contribution is -2.57. The maximum absolute atomic E-state index is 13.2. The molecule has 0 spiro atoms. The molecule has 1 aliphatic heterocycles. The molecule has 27 heavy (non-hydrogen) atoms. The van der Waals surface area contributed by atoms with E-state index in [1.54, 1.807) is 61.8 Å². The van der Waals surface area contributed by atoms with E-state index in [0.717, 1.165) is 5.56 Å². The Morgan fingerprint density at radius 3 is 2.81 bits per heavy atom. The van der Waals surface area contributed by atoms with E-state index < -0.39 is 11.8 Å². The van der Waals surface area contributed by atoms with Crippen LogP contribution in [0.2, 0.25) is 5.02 Å². The van der Waals surface area contributed by atoms with Gasteiger partial charge in [0.2, 0.25) is 0 Å². The van der Waals surface area contributed by atoms with Gasteiger partial charge in [0.1, 0.15) is 11.2 Å². The topological polar surface area (TPSA) is 80.0 Å². The van der Waals surface area contributed by atoms with Gasteiger partial charge in [-0.05, 0) is 49.5 Å². The van der Waals surface area contributed by atoms with Crippen LogP contribution in [0.1, 0.15) is 6.92 Å². The van der Waals surface area contributed by atoms with Gasteiger partial charge in [-0.3, -0.25) is 9.78 Å². The Balaban J connectivity index is 2.09. The van der Waals surface area contributed by atoms with E-state index in [9.17, 15) is 9.90 Å². The molecule has 0 saturated heterocycles. The molecule has 2 N–H and O–H groups in total. The number of benzene rings is 1. The minimum Gasteiger partial charge on any atom is -0.389 e. The highest BCUT2D eigenvalue weighted by atomic mass is 35.5. The highest BCUT2D eigenvalue weighted by Crippen LogP contribution is 2.28. The van der Waals surface area contributed by atoms with Crippen molar-refractivity contribution in [3.05, 3.63) is 82.4 Å². The molecule has 2 aromatic heterocycles. The van der Waals surface area contributed by atoms with Crippen molar-refractivity contribution < 1.29 is 5.11 Å². The van der Waals surface area contributed by atoms with E-state index in [1.807, 2.05) is 12.1 Å². The van der Waals surface area contributed by atoms with Gasteiger partial charge in [0.15, 0.2) is 5.66 Å². The Hall–Kier alpha value is -2.96. The molecule has 0 radical (unpaired) electrons. The number of nitrogens with one attached hydrogen (secondary N) is 1. The average molecular weight is 381 g/mol. The minimum atomic E-state index is -1.21. The molecule has 1 aliphatic rings. The standard InChI is InChI=1S/C20H17ClN4O2/c1-13(26)20(9-2-3-11-23-20)25-19(27)16-8-5-10-22-18(16)17(24-25)14-6-4-7-15(21)12-14/h2-13,23,26H,1H3. The number of halogens is 1. The molecule has 0 aliphatic carbocycles. The van der Waals surface area contributed by atoms with Crippen molar-refractivity contribution in [3.8, 4) is 11.3 Å². The Kier molecular flexibility index (Phi) is 4.30. The van der Waals surface area contributed by atoms with Gasteiger partial charge in [0.25, 0.3) is 5.56 Å². The molecule has 7 heteroatoms. The third-order valence-corrected chi connectivity index (χ3v) is 4.85. The molecular weight excluding hydrogens is 364 g/mol. The van der Waals surface area contributed by atoms with Gasteiger partial charge in [-0.2, -0.15) is 9.78 Å². The number of pyridine rings is 1. The summed E-state index contributed by atoms with van der Waals surface area (Å²) in [6.45, 7) is 1.61. The molecule has 0 fully saturated rings. The smallest absolute Gasteiger partial charge is 0.278 e. The van der Waals surface area contributed by atoms with E-state index in [1.165, 1.54) is 4.68 Å². The summed E-state index contributed by atoms with van der Waals surface area (Å²) in [6, 6.07) is 10.6. The van der Waals surface area contributed by atoms with Crippen LogP contribution in [-0.4, -0.2) is 26.0 Å². The maximum Gasteiger partial charge on any atom is 0.278 e. The van der Waals surface area contributed by atoms with Crippen LogP contribution in [0.15, 0.2) is 71.8 Å². The average Bonchev–Trinajstić information content (AvgIpc) is 2.69. The lowest BCUT2D eigenvalue weighted by atomic mass is 10.0. The second kappa shape index (κ2) is 6.64. The molecule has 3 aromatic rings. The maximum atomic E-state index is 13.2. The third kappa shape index (κ3) is 2.83. The van der Waals surface area contributed by atoms with E-state index in [-0.39, 0.29) is 5.56 Å². The predicted octanol–water partition coefficient (Wildman–Crippen LogP) is 2.82. The Labute approximate surface area is 160 Å². The van der Waals surface area contributed by atoms with Crippen LogP contribution in [-0.2, 0) is 5.66 Å². The molecule has 0 amide bonds. The first-order valence-corrected chi connectivity index (χ1v) is 8.85. The largest absolute Gasteiger partial charge is 0.389 e. The lowest BCUT2D eigenvalue weighted by molar-refractivity contribution is 0.0534. The summed E-state index contributed by atoms with van der Waals surface area (Å²) < 4.78 is 1.28. The molecule has 4 rings (SSSR count). The van der Waals surface area contributed by atoms with Crippen LogP contribution >= 0.6 is 11.6 Å². The molecule has 3 heterocycles. The molecule has 0 bridgehead atoms. The number of aromatic nitrogens is 3. The number of nitrogens with zero attached hydrogens (tertiary/aromatic N) is 3. The number of allylic oxidation sites excluding steroid dienone is 2. The second-order valence-electron chi connectivity index (χ2n) is 6.34. The summed E-state index contributed by atoms with van der Waals surface area (Å²) in [6.07, 6.45) is 7.64. The number of aliphatic hydroxyl groups is 1. The zero-order chi connectivity index (χ0) is 19.0.